The van der Waals surface area contributed by atoms with Gasteiger partial charge in [0.1, 0.15) is 5.69 Å². The van der Waals surface area contributed by atoms with Crippen LogP contribution in [-0.2, 0) is 4.74 Å². The highest BCUT2D eigenvalue weighted by Crippen LogP contribution is 2.30. The van der Waals surface area contributed by atoms with E-state index in [2.05, 4.69) is 16.8 Å². The molecule has 0 aromatic heterocycles. The molecule has 0 saturated carbocycles. The van der Waals surface area contributed by atoms with Crippen molar-refractivity contribution in [3.05, 3.63) is 33.9 Å². The monoisotopic (exact) mass is 362 g/mol. The fraction of sp³-hybridized carbons (Fsp3) is 0.611. The van der Waals surface area contributed by atoms with Crippen molar-refractivity contribution in [3.63, 3.8) is 0 Å². The second-order valence-corrected chi connectivity index (χ2v) is 6.88. The Morgan fingerprint density at radius 3 is 2.50 bits per heavy atom. The van der Waals surface area contributed by atoms with Gasteiger partial charge in [0, 0.05) is 63.9 Å². The number of piperazine rings is 1. The maximum Gasteiger partial charge on any atom is 0.293 e. The minimum absolute atomic E-state index is 0.00246. The molecule has 1 aromatic rings. The van der Waals surface area contributed by atoms with Crippen LogP contribution in [0.4, 0.5) is 11.4 Å². The summed E-state index contributed by atoms with van der Waals surface area (Å²) in [6.45, 7) is 6.99. The Bertz CT molecular complexity index is 653. The molecule has 2 saturated heterocycles. The van der Waals surface area contributed by atoms with Gasteiger partial charge in [0.05, 0.1) is 18.1 Å². The average molecular weight is 362 g/mol. The van der Waals surface area contributed by atoms with Crippen molar-refractivity contribution in [1.29, 1.82) is 0 Å². The number of nitrogens with zero attached hydrogens (tertiary/aromatic N) is 4. The number of anilines is 1. The smallest absolute Gasteiger partial charge is 0.293 e. The van der Waals surface area contributed by atoms with E-state index in [1.807, 2.05) is 4.90 Å². The number of hydrogen-bond donors (Lipinski definition) is 0. The van der Waals surface area contributed by atoms with Gasteiger partial charge in [-0.15, -0.1) is 0 Å². The van der Waals surface area contributed by atoms with Crippen LogP contribution >= 0.6 is 0 Å². The largest absolute Gasteiger partial charge is 0.378 e. The van der Waals surface area contributed by atoms with Gasteiger partial charge >= 0.3 is 0 Å². The number of Topliss-reactive ketones (excluding diaryl/α,β-unsaturated/α-hetero) is 1. The minimum atomic E-state index is -0.401. The number of carbonyl (C=O) groups is 1. The number of rotatable bonds is 6. The van der Waals surface area contributed by atoms with Gasteiger partial charge in [0.2, 0.25) is 0 Å². The van der Waals surface area contributed by atoms with Gasteiger partial charge in [-0.25, -0.2) is 0 Å². The quantitative estimate of drug-likeness (QED) is 0.428. The molecule has 2 heterocycles. The first-order valence-corrected chi connectivity index (χ1v) is 9.10. The number of likely N-dealkylation sites (N-methyl/N-ethyl adjacent to an activating group) is 1. The summed E-state index contributed by atoms with van der Waals surface area (Å²) in [4.78, 5) is 30.1. The van der Waals surface area contributed by atoms with E-state index in [1.54, 1.807) is 12.1 Å². The lowest BCUT2D eigenvalue weighted by Gasteiger charge is -2.32. The fourth-order valence-corrected chi connectivity index (χ4v) is 3.39. The SMILES string of the molecule is CN1CCN(CCC(=O)c2ccc(N3CCOCC3)c([N+](=O)[O-])c2)CC1. The summed E-state index contributed by atoms with van der Waals surface area (Å²) in [5.41, 5.74) is 0.981. The molecule has 3 rings (SSSR count). The highest BCUT2D eigenvalue weighted by molar-refractivity contribution is 5.97. The number of hydrogen-bond acceptors (Lipinski definition) is 7. The molecule has 2 aliphatic rings. The van der Waals surface area contributed by atoms with Crippen LogP contribution in [0.15, 0.2) is 18.2 Å². The Labute approximate surface area is 153 Å². The van der Waals surface area contributed by atoms with Crippen LogP contribution in [0, 0.1) is 10.1 Å². The molecular formula is C18H26N4O4. The summed E-state index contributed by atoms with van der Waals surface area (Å²) >= 11 is 0. The number of carbonyl (C=O) groups excluding carboxylic acids is 1. The number of morpholine rings is 1. The fourth-order valence-electron chi connectivity index (χ4n) is 3.39. The Morgan fingerprint density at radius 2 is 1.85 bits per heavy atom. The Balaban J connectivity index is 1.66. The van der Waals surface area contributed by atoms with Gasteiger partial charge in [0.15, 0.2) is 5.78 Å². The molecule has 142 valence electrons. The number of nitro benzene ring substituents is 1. The first kappa shape index (κ1) is 18.8. The second kappa shape index (κ2) is 8.57. The molecule has 0 amide bonds. The zero-order chi connectivity index (χ0) is 18.5. The van der Waals surface area contributed by atoms with Gasteiger partial charge < -0.3 is 19.4 Å². The van der Waals surface area contributed by atoms with Crippen molar-refractivity contribution in [2.75, 3.05) is 71.0 Å². The van der Waals surface area contributed by atoms with Crippen LogP contribution in [0.3, 0.4) is 0 Å². The summed E-state index contributed by atoms with van der Waals surface area (Å²) in [5.74, 6) is -0.0412. The normalized spacial score (nSPS) is 19.5. The van der Waals surface area contributed by atoms with E-state index in [9.17, 15) is 14.9 Å². The first-order chi connectivity index (χ1) is 12.5. The lowest BCUT2D eigenvalue weighted by molar-refractivity contribution is -0.384. The third kappa shape index (κ3) is 4.57. The predicted octanol–water partition coefficient (Wildman–Crippen LogP) is 1.25. The summed E-state index contributed by atoms with van der Waals surface area (Å²) < 4.78 is 5.31. The molecule has 0 spiro atoms. The standard InChI is InChI=1S/C18H26N4O4/c1-19-6-8-20(9-7-19)5-4-18(23)15-2-3-16(17(14-15)22(24)25)21-10-12-26-13-11-21/h2-3,14H,4-13H2,1H3. The first-order valence-electron chi connectivity index (χ1n) is 9.10. The van der Waals surface area contributed by atoms with E-state index in [-0.39, 0.29) is 11.5 Å². The van der Waals surface area contributed by atoms with E-state index in [0.29, 0.717) is 50.5 Å². The number of ketones is 1. The lowest BCUT2D eigenvalue weighted by atomic mass is 10.1. The molecule has 0 N–H and O–H groups in total. The highest BCUT2D eigenvalue weighted by Gasteiger charge is 2.23. The molecule has 26 heavy (non-hydrogen) atoms. The Kier molecular flexibility index (Phi) is 6.18. The molecular weight excluding hydrogens is 336 g/mol. The van der Waals surface area contributed by atoms with Crippen molar-refractivity contribution in [2.45, 2.75) is 6.42 Å². The van der Waals surface area contributed by atoms with Crippen LogP contribution in [0.25, 0.3) is 0 Å². The molecule has 0 atom stereocenters. The Morgan fingerprint density at radius 1 is 1.15 bits per heavy atom. The van der Waals surface area contributed by atoms with Crippen molar-refractivity contribution < 1.29 is 14.5 Å². The summed E-state index contributed by atoms with van der Waals surface area (Å²) in [5, 5.41) is 11.5. The number of benzene rings is 1. The maximum absolute atomic E-state index is 12.5. The summed E-state index contributed by atoms with van der Waals surface area (Å²) in [6, 6.07) is 4.84. The van der Waals surface area contributed by atoms with Crippen LogP contribution in [-0.4, -0.2) is 86.6 Å². The highest BCUT2D eigenvalue weighted by atomic mass is 16.6. The van der Waals surface area contributed by atoms with Crippen LogP contribution in [0.5, 0.6) is 0 Å². The van der Waals surface area contributed by atoms with Gasteiger partial charge in [0.25, 0.3) is 5.69 Å². The minimum Gasteiger partial charge on any atom is -0.378 e. The van der Waals surface area contributed by atoms with Gasteiger partial charge in [-0.3, -0.25) is 14.9 Å². The molecule has 0 bridgehead atoms. The van der Waals surface area contributed by atoms with E-state index < -0.39 is 4.92 Å². The summed E-state index contributed by atoms with van der Waals surface area (Å²) in [6.07, 6.45) is 0.387. The van der Waals surface area contributed by atoms with Crippen LogP contribution in [0.1, 0.15) is 16.8 Å². The van der Waals surface area contributed by atoms with Crippen LogP contribution in [0.2, 0.25) is 0 Å². The van der Waals surface area contributed by atoms with Crippen molar-refractivity contribution in [1.82, 2.24) is 9.80 Å². The van der Waals surface area contributed by atoms with Crippen LogP contribution < -0.4 is 4.90 Å². The molecule has 2 fully saturated rings. The molecule has 0 unspecified atom stereocenters. The topological polar surface area (TPSA) is 79.2 Å². The number of nitro groups is 1. The predicted molar refractivity (Wildman–Crippen MR) is 99.0 cm³/mol. The summed E-state index contributed by atoms with van der Waals surface area (Å²) in [7, 11) is 2.09. The van der Waals surface area contributed by atoms with Crippen molar-refractivity contribution >= 4 is 17.2 Å². The molecule has 0 radical (unpaired) electrons. The second-order valence-electron chi connectivity index (χ2n) is 6.88. The van der Waals surface area contributed by atoms with E-state index in [0.717, 1.165) is 26.2 Å². The molecule has 2 aliphatic heterocycles. The average Bonchev–Trinajstić information content (AvgIpc) is 2.67. The van der Waals surface area contributed by atoms with Gasteiger partial charge in [-0.2, -0.15) is 0 Å². The van der Waals surface area contributed by atoms with E-state index in [1.165, 1.54) is 6.07 Å². The van der Waals surface area contributed by atoms with Crippen molar-refractivity contribution in [3.8, 4) is 0 Å². The molecule has 8 heteroatoms. The zero-order valence-corrected chi connectivity index (χ0v) is 15.2. The molecule has 8 nitrogen and oxygen atoms in total. The zero-order valence-electron chi connectivity index (χ0n) is 15.2. The van der Waals surface area contributed by atoms with Gasteiger partial charge in [-0.05, 0) is 19.2 Å². The van der Waals surface area contributed by atoms with Crippen molar-refractivity contribution in [2.24, 2.45) is 0 Å². The molecule has 1 aromatic carbocycles. The third-order valence-corrected chi connectivity index (χ3v) is 5.10. The lowest BCUT2D eigenvalue weighted by Crippen LogP contribution is -2.45. The van der Waals surface area contributed by atoms with E-state index >= 15 is 0 Å². The number of ether oxygens (including phenoxy) is 1. The third-order valence-electron chi connectivity index (χ3n) is 5.10. The Hall–Kier alpha value is -2.03. The van der Waals surface area contributed by atoms with Gasteiger partial charge in [-0.1, -0.05) is 0 Å². The maximum atomic E-state index is 12.5. The molecule has 0 aliphatic carbocycles. The van der Waals surface area contributed by atoms with E-state index in [4.69, 9.17) is 4.74 Å².